The van der Waals surface area contributed by atoms with Gasteiger partial charge in [-0.25, -0.2) is 0 Å². The highest BCUT2D eigenvalue weighted by atomic mass is 32.2. The van der Waals surface area contributed by atoms with Crippen molar-refractivity contribution in [3.05, 3.63) is 0 Å². The summed E-state index contributed by atoms with van der Waals surface area (Å²) in [6, 6.07) is 0.301. The first kappa shape index (κ1) is 14.8. The molecule has 0 aromatic rings. The van der Waals surface area contributed by atoms with E-state index in [-0.39, 0.29) is 5.91 Å². The number of carbonyl (C=O) groups excluding carboxylic acids is 1. The minimum atomic E-state index is 0.144. The second-order valence-electron chi connectivity index (χ2n) is 4.11. The molecule has 1 amide bonds. The van der Waals surface area contributed by atoms with E-state index in [4.69, 9.17) is 5.73 Å². The van der Waals surface area contributed by atoms with Crippen LogP contribution in [0.4, 0.5) is 0 Å². The summed E-state index contributed by atoms with van der Waals surface area (Å²) in [5, 5.41) is 2.98. The Morgan fingerprint density at radius 3 is 2.67 bits per heavy atom. The number of hydrogen-bond donors (Lipinski definition) is 2. The summed E-state index contributed by atoms with van der Waals surface area (Å²) in [5.41, 5.74) is 5.50. The highest BCUT2D eigenvalue weighted by Crippen LogP contribution is 2.06. The van der Waals surface area contributed by atoms with Crippen molar-refractivity contribution in [3.63, 3.8) is 0 Å². The number of thioether (sulfide) groups is 1. The summed E-state index contributed by atoms with van der Waals surface area (Å²) in [5.74, 6) is 2.16. The maximum atomic E-state index is 11.4. The monoisotopic (exact) mass is 232 g/mol. The van der Waals surface area contributed by atoms with Crippen molar-refractivity contribution in [1.82, 2.24) is 5.32 Å². The van der Waals surface area contributed by atoms with Gasteiger partial charge in [0.1, 0.15) is 0 Å². The molecule has 3 nitrogen and oxygen atoms in total. The summed E-state index contributed by atoms with van der Waals surface area (Å²) >= 11 is 1.66. The summed E-state index contributed by atoms with van der Waals surface area (Å²) in [6.07, 6.45) is 2.16. The zero-order valence-corrected chi connectivity index (χ0v) is 10.9. The van der Waals surface area contributed by atoms with E-state index in [0.717, 1.165) is 18.6 Å². The molecule has 0 aromatic heterocycles. The van der Waals surface area contributed by atoms with Gasteiger partial charge in [0.05, 0.1) is 5.75 Å². The molecule has 0 saturated heterocycles. The lowest BCUT2D eigenvalue weighted by atomic mass is 10.2. The maximum absolute atomic E-state index is 11.4. The number of nitrogens with one attached hydrogen (secondary N) is 1. The number of carbonyl (C=O) groups is 1. The Morgan fingerprint density at radius 1 is 1.47 bits per heavy atom. The van der Waals surface area contributed by atoms with Crippen molar-refractivity contribution < 1.29 is 4.79 Å². The molecule has 0 radical (unpaired) electrons. The van der Waals surface area contributed by atoms with Gasteiger partial charge >= 0.3 is 0 Å². The molecule has 0 spiro atoms. The molecule has 0 saturated carbocycles. The van der Waals surface area contributed by atoms with Crippen molar-refractivity contribution in [3.8, 4) is 0 Å². The molecule has 0 aliphatic heterocycles. The summed E-state index contributed by atoms with van der Waals surface area (Å²) in [6.45, 7) is 6.97. The molecule has 2 atom stereocenters. The van der Waals surface area contributed by atoms with Gasteiger partial charge in [-0.15, -0.1) is 0 Å². The largest absolute Gasteiger partial charge is 0.353 e. The van der Waals surface area contributed by atoms with Crippen LogP contribution in [0.3, 0.4) is 0 Å². The third-order valence-electron chi connectivity index (χ3n) is 2.17. The van der Waals surface area contributed by atoms with E-state index in [9.17, 15) is 4.79 Å². The molecule has 2 unspecified atom stereocenters. The minimum absolute atomic E-state index is 0.144. The molecule has 90 valence electrons. The molecule has 0 aliphatic rings. The summed E-state index contributed by atoms with van der Waals surface area (Å²) < 4.78 is 0. The van der Waals surface area contributed by atoms with Gasteiger partial charge in [-0.05, 0) is 31.6 Å². The average molecular weight is 232 g/mol. The van der Waals surface area contributed by atoms with Crippen LogP contribution in [-0.4, -0.2) is 30.0 Å². The summed E-state index contributed by atoms with van der Waals surface area (Å²) in [7, 11) is 0. The van der Waals surface area contributed by atoms with Crippen LogP contribution in [-0.2, 0) is 4.79 Å². The molecular weight excluding hydrogens is 208 g/mol. The third-order valence-corrected chi connectivity index (χ3v) is 3.44. The van der Waals surface area contributed by atoms with Gasteiger partial charge < -0.3 is 11.1 Å². The highest BCUT2D eigenvalue weighted by molar-refractivity contribution is 7.99. The van der Waals surface area contributed by atoms with E-state index in [1.807, 2.05) is 0 Å². The second kappa shape index (κ2) is 9.04. The van der Waals surface area contributed by atoms with Crippen LogP contribution in [0.1, 0.15) is 33.6 Å². The van der Waals surface area contributed by atoms with Crippen molar-refractivity contribution in [1.29, 1.82) is 0 Å². The Morgan fingerprint density at radius 2 is 2.13 bits per heavy atom. The Labute approximate surface area is 97.6 Å². The fourth-order valence-corrected chi connectivity index (χ4v) is 2.17. The fraction of sp³-hybridized carbons (Fsp3) is 0.909. The van der Waals surface area contributed by atoms with Crippen LogP contribution in [0.2, 0.25) is 0 Å². The Kier molecular flexibility index (Phi) is 8.91. The van der Waals surface area contributed by atoms with E-state index < -0.39 is 0 Å². The van der Waals surface area contributed by atoms with E-state index in [2.05, 4.69) is 26.1 Å². The standard InChI is InChI=1S/C11H24N2OS/c1-4-5-10(3)13-11(14)8-15-7-9(2)6-12/h9-10H,4-8,12H2,1-3H3,(H,13,14). The van der Waals surface area contributed by atoms with Gasteiger partial charge in [0.15, 0.2) is 0 Å². The molecule has 0 bridgehead atoms. The molecule has 0 rings (SSSR count). The average Bonchev–Trinajstić information content (AvgIpc) is 2.17. The maximum Gasteiger partial charge on any atom is 0.230 e. The molecule has 0 heterocycles. The van der Waals surface area contributed by atoms with Gasteiger partial charge in [0.25, 0.3) is 0 Å². The Balaban J connectivity index is 3.48. The predicted octanol–water partition coefficient (Wildman–Crippen LogP) is 1.62. The smallest absolute Gasteiger partial charge is 0.230 e. The van der Waals surface area contributed by atoms with Gasteiger partial charge in [0.2, 0.25) is 5.91 Å². The summed E-state index contributed by atoms with van der Waals surface area (Å²) in [4.78, 5) is 11.4. The zero-order valence-electron chi connectivity index (χ0n) is 10.1. The predicted molar refractivity (Wildman–Crippen MR) is 68.1 cm³/mol. The van der Waals surface area contributed by atoms with Gasteiger partial charge in [-0.2, -0.15) is 11.8 Å². The number of hydrogen-bond acceptors (Lipinski definition) is 3. The zero-order chi connectivity index (χ0) is 11.7. The highest BCUT2D eigenvalue weighted by Gasteiger charge is 2.07. The minimum Gasteiger partial charge on any atom is -0.353 e. The fourth-order valence-electron chi connectivity index (χ4n) is 1.24. The van der Waals surface area contributed by atoms with Crippen molar-refractivity contribution in [2.24, 2.45) is 11.7 Å². The first-order chi connectivity index (χ1) is 7.10. The lowest BCUT2D eigenvalue weighted by Crippen LogP contribution is -2.33. The Bertz CT molecular complexity index is 176. The van der Waals surface area contributed by atoms with Gasteiger partial charge in [0, 0.05) is 6.04 Å². The molecule has 15 heavy (non-hydrogen) atoms. The SMILES string of the molecule is CCCC(C)NC(=O)CSCC(C)CN. The van der Waals surface area contributed by atoms with Gasteiger partial charge in [-0.3, -0.25) is 4.79 Å². The number of rotatable bonds is 8. The van der Waals surface area contributed by atoms with Crippen molar-refractivity contribution in [2.45, 2.75) is 39.7 Å². The van der Waals surface area contributed by atoms with Crippen LogP contribution in [0.5, 0.6) is 0 Å². The van der Waals surface area contributed by atoms with E-state index >= 15 is 0 Å². The van der Waals surface area contributed by atoms with E-state index in [1.54, 1.807) is 11.8 Å². The topological polar surface area (TPSA) is 55.1 Å². The quantitative estimate of drug-likeness (QED) is 0.668. The van der Waals surface area contributed by atoms with Crippen LogP contribution in [0, 0.1) is 5.92 Å². The molecule has 0 aromatic carbocycles. The second-order valence-corrected chi connectivity index (χ2v) is 5.14. The van der Waals surface area contributed by atoms with Crippen LogP contribution < -0.4 is 11.1 Å². The molecular formula is C11H24N2OS. The first-order valence-corrected chi connectivity index (χ1v) is 6.82. The van der Waals surface area contributed by atoms with Crippen molar-refractivity contribution in [2.75, 3.05) is 18.1 Å². The molecule has 0 fully saturated rings. The normalized spacial score (nSPS) is 14.7. The number of amides is 1. The lowest BCUT2D eigenvalue weighted by Gasteiger charge is -2.13. The van der Waals surface area contributed by atoms with Crippen LogP contribution >= 0.6 is 11.8 Å². The Hall–Kier alpha value is -0.220. The molecule has 0 aliphatic carbocycles. The number of nitrogens with two attached hydrogens (primary N) is 1. The van der Waals surface area contributed by atoms with Gasteiger partial charge in [-0.1, -0.05) is 20.3 Å². The van der Waals surface area contributed by atoms with Crippen LogP contribution in [0.15, 0.2) is 0 Å². The molecule has 3 N–H and O–H groups in total. The van der Waals surface area contributed by atoms with Crippen molar-refractivity contribution >= 4 is 17.7 Å². The first-order valence-electron chi connectivity index (χ1n) is 5.67. The lowest BCUT2D eigenvalue weighted by molar-refractivity contribution is -0.119. The van der Waals surface area contributed by atoms with E-state index in [0.29, 0.717) is 24.3 Å². The molecule has 4 heteroatoms. The van der Waals surface area contributed by atoms with E-state index in [1.165, 1.54) is 0 Å². The third kappa shape index (κ3) is 8.75. The van der Waals surface area contributed by atoms with Crippen LogP contribution in [0.25, 0.3) is 0 Å².